The zero-order valence-corrected chi connectivity index (χ0v) is 15.0. The Balaban J connectivity index is 1.80. The number of piperidine rings is 2. The minimum atomic E-state index is -1.21. The highest BCUT2D eigenvalue weighted by Crippen LogP contribution is 2.31. The zero-order valence-electron chi connectivity index (χ0n) is 15.0. The smallest absolute Gasteiger partial charge is 0.146 e. The van der Waals surface area contributed by atoms with Gasteiger partial charge in [-0.25, -0.2) is 4.39 Å². The van der Waals surface area contributed by atoms with E-state index in [1.807, 2.05) is 0 Å². The molecule has 0 bridgehead atoms. The third kappa shape index (κ3) is 4.90. The molecule has 2 fully saturated rings. The fraction of sp³-hybridized carbons (Fsp3) is 1.00. The molecule has 0 spiro atoms. The molecule has 0 aromatic heterocycles. The van der Waals surface area contributed by atoms with E-state index in [0.717, 1.165) is 38.4 Å². The molecule has 0 radical (unpaired) electrons. The van der Waals surface area contributed by atoms with E-state index in [4.69, 9.17) is 4.74 Å². The molecular formula is C18H35FN2O. The molecule has 2 atom stereocenters. The van der Waals surface area contributed by atoms with Crippen molar-refractivity contribution in [1.29, 1.82) is 0 Å². The van der Waals surface area contributed by atoms with Gasteiger partial charge in [0.15, 0.2) is 0 Å². The van der Waals surface area contributed by atoms with Gasteiger partial charge in [-0.1, -0.05) is 20.8 Å². The summed E-state index contributed by atoms with van der Waals surface area (Å²) in [4.78, 5) is 4.95. The van der Waals surface area contributed by atoms with Gasteiger partial charge in [0.2, 0.25) is 0 Å². The van der Waals surface area contributed by atoms with Gasteiger partial charge >= 0.3 is 0 Å². The van der Waals surface area contributed by atoms with E-state index in [9.17, 15) is 4.39 Å². The molecular weight excluding hydrogens is 279 g/mol. The Labute approximate surface area is 136 Å². The summed E-state index contributed by atoms with van der Waals surface area (Å²) in [6, 6.07) is 0.561. The second-order valence-electron chi connectivity index (χ2n) is 7.82. The fourth-order valence-corrected chi connectivity index (χ4v) is 3.97. The van der Waals surface area contributed by atoms with Crippen LogP contribution < -0.4 is 0 Å². The zero-order chi connectivity index (χ0) is 16.2. The molecule has 0 aromatic carbocycles. The molecule has 3 nitrogen and oxygen atoms in total. The normalized spacial score (nSPS) is 32.7. The van der Waals surface area contributed by atoms with Crippen LogP contribution in [0.1, 0.15) is 53.4 Å². The van der Waals surface area contributed by atoms with Crippen molar-refractivity contribution in [2.24, 2.45) is 5.92 Å². The highest BCUT2D eigenvalue weighted by Gasteiger charge is 2.42. The third-order valence-corrected chi connectivity index (χ3v) is 5.08. The van der Waals surface area contributed by atoms with E-state index < -0.39 is 5.67 Å². The quantitative estimate of drug-likeness (QED) is 0.748. The number of likely N-dealkylation sites (tertiary alicyclic amines) is 2. The van der Waals surface area contributed by atoms with Crippen LogP contribution in [0.25, 0.3) is 0 Å². The minimum absolute atomic E-state index is 0.218. The van der Waals surface area contributed by atoms with Gasteiger partial charge in [0.25, 0.3) is 0 Å². The van der Waals surface area contributed by atoms with Crippen molar-refractivity contribution in [3.63, 3.8) is 0 Å². The van der Waals surface area contributed by atoms with Crippen LogP contribution in [0.15, 0.2) is 0 Å². The molecule has 2 aliphatic rings. The maximum atomic E-state index is 14.9. The van der Waals surface area contributed by atoms with E-state index in [2.05, 4.69) is 30.6 Å². The number of alkyl halides is 1. The molecule has 0 aliphatic carbocycles. The number of hydrogen-bond donors (Lipinski definition) is 0. The SMILES string of the molecule is CCCOC1CCN(C2CCN(CC(C)C)CC2)CC1(C)F. The van der Waals surface area contributed by atoms with Gasteiger partial charge in [0.05, 0.1) is 6.10 Å². The average Bonchev–Trinajstić information content (AvgIpc) is 2.45. The lowest BCUT2D eigenvalue weighted by molar-refractivity contribution is -0.107. The Morgan fingerprint density at radius 1 is 1.18 bits per heavy atom. The summed E-state index contributed by atoms with van der Waals surface area (Å²) in [5, 5.41) is 0. The molecule has 2 saturated heterocycles. The molecule has 22 heavy (non-hydrogen) atoms. The maximum Gasteiger partial charge on any atom is 0.146 e. The van der Waals surface area contributed by atoms with E-state index in [1.165, 1.54) is 19.4 Å². The lowest BCUT2D eigenvalue weighted by atomic mass is 9.90. The largest absolute Gasteiger partial charge is 0.375 e. The summed E-state index contributed by atoms with van der Waals surface area (Å²) >= 11 is 0. The molecule has 2 heterocycles. The van der Waals surface area contributed by atoms with Crippen LogP contribution in [-0.4, -0.2) is 66.9 Å². The number of hydrogen-bond acceptors (Lipinski definition) is 3. The molecule has 2 rings (SSSR count). The highest BCUT2D eigenvalue weighted by molar-refractivity contribution is 4.95. The average molecular weight is 314 g/mol. The molecule has 2 unspecified atom stereocenters. The first-order chi connectivity index (χ1) is 10.4. The summed E-state index contributed by atoms with van der Waals surface area (Å²) < 4.78 is 20.7. The van der Waals surface area contributed by atoms with Gasteiger partial charge in [-0.15, -0.1) is 0 Å². The van der Waals surface area contributed by atoms with Crippen molar-refractivity contribution in [2.45, 2.75) is 71.2 Å². The number of nitrogens with zero attached hydrogens (tertiary/aromatic N) is 2. The van der Waals surface area contributed by atoms with Gasteiger partial charge in [0.1, 0.15) is 5.67 Å². The van der Waals surface area contributed by atoms with Crippen molar-refractivity contribution in [2.75, 3.05) is 39.3 Å². The highest BCUT2D eigenvalue weighted by atomic mass is 19.1. The van der Waals surface area contributed by atoms with Gasteiger partial charge < -0.3 is 9.64 Å². The monoisotopic (exact) mass is 314 g/mol. The second kappa shape index (κ2) is 8.07. The summed E-state index contributed by atoms with van der Waals surface area (Å²) in [5.41, 5.74) is -1.21. The molecule has 4 heteroatoms. The Hall–Kier alpha value is -0.190. The van der Waals surface area contributed by atoms with E-state index in [-0.39, 0.29) is 6.10 Å². The van der Waals surface area contributed by atoms with E-state index in [1.54, 1.807) is 6.92 Å². The molecule has 0 saturated carbocycles. The Morgan fingerprint density at radius 2 is 1.86 bits per heavy atom. The Kier molecular flexibility index (Phi) is 6.66. The maximum absolute atomic E-state index is 14.9. The van der Waals surface area contributed by atoms with Crippen molar-refractivity contribution in [3.8, 4) is 0 Å². The molecule has 0 N–H and O–H groups in total. The molecule has 130 valence electrons. The number of halogens is 1. The Morgan fingerprint density at radius 3 is 2.41 bits per heavy atom. The van der Waals surface area contributed by atoms with Gasteiger partial charge in [-0.05, 0) is 51.6 Å². The fourth-order valence-electron chi connectivity index (χ4n) is 3.97. The first-order valence-electron chi connectivity index (χ1n) is 9.19. The minimum Gasteiger partial charge on any atom is -0.375 e. The number of ether oxygens (including phenoxy) is 1. The first kappa shape index (κ1) is 18.2. The number of rotatable bonds is 6. The van der Waals surface area contributed by atoms with Crippen LogP contribution in [-0.2, 0) is 4.74 Å². The standard InChI is InChI=1S/C18H35FN2O/c1-5-12-22-17-8-11-21(14-18(17,4)19)16-6-9-20(10-7-16)13-15(2)3/h15-17H,5-14H2,1-4H3. The summed E-state index contributed by atoms with van der Waals surface area (Å²) in [6.45, 7) is 14.1. The van der Waals surface area contributed by atoms with Crippen LogP contribution in [0.2, 0.25) is 0 Å². The predicted octanol–water partition coefficient (Wildman–Crippen LogP) is 3.34. The predicted molar refractivity (Wildman–Crippen MR) is 90.0 cm³/mol. The Bertz CT molecular complexity index is 327. The van der Waals surface area contributed by atoms with Gasteiger partial charge in [0, 0.05) is 32.3 Å². The first-order valence-corrected chi connectivity index (χ1v) is 9.19. The van der Waals surface area contributed by atoms with Crippen LogP contribution in [0.4, 0.5) is 4.39 Å². The third-order valence-electron chi connectivity index (χ3n) is 5.08. The second-order valence-corrected chi connectivity index (χ2v) is 7.82. The van der Waals surface area contributed by atoms with E-state index in [0.29, 0.717) is 19.2 Å². The van der Waals surface area contributed by atoms with Crippen LogP contribution >= 0.6 is 0 Å². The topological polar surface area (TPSA) is 15.7 Å². The summed E-state index contributed by atoms with van der Waals surface area (Å²) in [6.07, 6.45) is 3.95. The van der Waals surface area contributed by atoms with Gasteiger partial charge in [-0.2, -0.15) is 0 Å². The van der Waals surface area contributed by atoms with Crippen LogP contribution in [0, 0.1) is 5.92 Å². The lowest BCUT2D eigenvalue weighted by Crippen LogP contribution is -2.57. The van der Waals surface area contributed by atoms with Crippen molar-refractivity contribution < 1.29 is 9.13 Å². The van der Waals surface area contributed by atoms with Crippen LogP contribution in [0.5, 0.6) is 0 Å². The van der Waals surface area contributed by atoms with Crippen LogP contribution in [0.3, 0.4) is 0 Å². The van der Waals surface area contributed by atoms with E-state index >= 15 is 0 Å². The van der Waals surface area contributed by atoms with Crippen molar-refractivity contribution >= 4 is 0 Å². The lowest BCUT2D eigenvalue weighted by Gasteiger charge is -2.46. The van der Waals surface area contributed by atoms with Gasteiger partial charge in [-0.3, -0.25) is 4.90 Å². The van der Waals surface area contributed by atoms with Crippen molar-refractivity contribution in [3.05, 3.63) is 0 Å². The summed E-state index contributed by atoms with van der Waals surface area (Å²) in [7, 11) is 0. The molecule has 2 aliphatic heterocycles. The molecule has 0 aromatic rings. The van der Waals surface area contributed by atoms with Crippen molar-refractivity contribution in [1.82, 2.24) is 9.80 Å². The summed E-state index contributed by atoms with van der Waals surface area (Å²) in [5.74, 6) is 0.733. The molecule has 0 amide bonds.